The number of ether oxygens (including phenoxy) is 2. The quantitative estimate of drug-likeness (QED) is 0.282. The first-order valence-electron chi connectivity index (χ1n) is 14.2. The zero-order valence-electron chi connectivity index (χ0n) is 25.3. The fourth-order valence-electron chi connectivity index (χ4n) is 5.13. The highest BCUT2D eigenvalue weighted by molar-refractivity contribution is 6.31. The molecular formula is C31H35ClFN7O4. The lowest BCUT2D eigenvalue weighted by atomic mass is 9.89. The highest BCUT2D eigenvalue weighted by Gasteiger charge is 2.35. The Labute approximate surface area is 259 Å². The maximum absolute atomic E-state index is 15.2. The predicted octanol–water partition coefficient (Wildman–Crippen LogP) is 5.33. The molecule has 13 heteroatoms. The van der Waals surface area contributed by atoms with Crippen molar-refractivity contribution in [2.24, 2.45) is 5.73 Å². The number of rotatable bonds is 7. The van der Waals surface area contributed by atoms with Crippen molar-refractivity contribution in [1.82, 2.24) is 25.1 Å². The second kappa shape index (κ2) is 11.9. The monoisotopic (exact) mass is 623 g/mol. The molecule has 11 nitrogen and oxygen atoms in total. The number of nitrogens with one attached hydrogen (secondary N) is 1. The van der Waals surface area contributed by atoms with Crippen LogP contribution in [0.2, 0.25) is 5.02 Å². The summed E-state index contributed by atoms with van der Waals surface area (Å²) in [7, 11) is 1.59. The number of carbonyl (C=O) groups excluding carboxylic acids is 2. The van der Waals surface area contributed by atoms with E-state index in [2.05, 4.69) is 10.3 Å². The number of primary amides is 1. The summed E-state index contributed by atoms with van der Waals surface area (Å²) in [6.45, 7) is 8.57. The molecule has 2 amide bonds. The van der Waals surface area contributed by atoms with Crippen molar-refractivity contribution in [3.63, 3.8) is 0 Å². The molecule has 0 radical (unpaired) electrons. The van der Waals surface area contributed by atoms with Crippen LogP contribution in [0.3, 0.4) is 0 Å². The number of nitrogens with two attached hydrogens (primary N) is 1. The van der Waals surface area contributed by atoms with Crippen LogP contribution in [0.25, 0.3) is 22.4 Å². The number of methoxy groups -OCH3 is 1. The molecule has 0 atom stereocenters. The highest BCUT2D eigenvalue weighted by atomic mass is 35.5. The number of benzene rings is 2. The minimum absolute atomic E-state index is 0.0612. The fourth-order valence-corrected chi connectivity index (χ4v) is 5.30. The average molecular weight is 624 g/mol. The van der Waals surface area contributed by atoms with E-state index in [1.165, 1.54) is 6.07 Å². The van der Waals surface area contributed by atoms with E-state index in [9.17, 15) is 9.59 Å². The third kappa shape index (κ3) is 6.54. The summed E-state index contributed by atoms with van der Waals surface area (Å²) >= 11 is 6.10. The van der Waals surface area contributed by atoms with Gasteiger partial charge in [0, 0.05) is 24.2 Å². The molecule has 0 unspecified atom stereocenters. The Balaban J connectivity index is 1.55. The van der Waals surface area contributed by atoms with Crippen molar-refractivity contribution in [1.29, 1.82) is 0 Å². The first-order valence-corrected chi connectivity index (χ1v) is 14.6. The van der Waals surface area contributed by atoms with E-state index in [1.807, 2.05) is 56.9 Å². The molecule has 0 bridgehead atoms. The minimum atomic E-state index is -0.782. The van der Waals surface area contributed by atoms with E-state index in [-0.39, 0.29) is 34.0 Å². The minimum Gasteiger partial charge on any atom is -0.497 e. The molecule has 1 aliphatic heterocycles. The number of anilines is 1. The van der Waals surface area contributed by atoms with E-state index < -0.39 is 29.0 Å². The summed E-state index contributed by atoms with van der Waals surface area (Å²) in [6.07, 6.45) is 0.610. The molecule has 1 saturated heterocycles. The molecule has 1 fully saturated rings. The summed E-state index contributed by atoms with van der Waals surface area (Å²) in [4.78, 5) is 36.6. The maximum atomic E-state index is 15.2. The van der Waals surface area contributed by atoms with Crippen LogP contribution in [0.1, 0.15) is 56.6 Å². The molecule has 0 saturated carbocycles. The van der Waals surface area contributed by atoms with Crippen LogP contribution in [-0.4, -0.2) is 63.1 Å². The Bertz CT molecular complexity index is 1710. The van der Waals surface area contributed by atoms with E-state index in [0.29, 0.717) is 43.1 Å². The van der Waals surface area contributed by atoms with Crippen LogP contribution in [0.5, 0.6) is 5.75 Å². The van der Waals surface area contributed by atoms with Crippen molar-refractivity contribution < 1.29 is 23.5 Å². The number of nitrogens with zero attached hydrogens (tertiary/aromatic N) is 5. The van der Waals surface area contributed by atoms with E-state index in [4.69, 9.17) is 36.9 Å². The molecular weight excluding hydrogens is 589 g/mol. The van der Waals surface area contributed by atoms with Gasteiger partial charge in [0.25, 0.3) is 5.91 Å². The Morgan fingerprint density at radius 3 is 2.41 bits per heavy atom. The van der Waals surface area contributed by atoms with Gasteiger partial charge in [-0.1, -0.05) is 29.8 Å². The van der Waals surface area contributed by atoms with Gasteiger partial charge in [-0.2, -0.15) is 5.10 Å². The molecule has 5 rings (SSSR count). The number of hydrogen-bond donors (Lipinski definition) is 2. The van der Waals surface area contributed by atoms with Gasteiger partial charge in [-0.15, -0.1) is 0 Å². The highest BCUT2D eigenvalue weighted by Crippen LogP contribution is 2.34. The van der Waals surface area contributed by atoms with E-state index in [1.54, 1.807) is 23.9 Å². The summed E-state index contributed by atoms with van der Waals surface area (Å²) in [5.74, 6) is -0.454. The van der Waals surface area contributed by atoms with Gasteiger partial charge < -0.3 is 25.4 Å². The largest absolute Gasteiger partial charge is 0.497 e. The van der Waals surface area contributed by atoms with Gasteiger partial charge in [-0.3, -0.25) is 4.79 Å². The summed E-state index contributed by atoms with van der Waals surface area (Å²) in [5, 5.41) is 7.61. The number of aromatic nitrogens is 4. The molecule has 1 aliphatic rings. The van der Waals surface area contributed by atoms with Gasteiger partial charge in [-0.05, 0) is 70.4 Å². The van der Waals surface area contributed by atoms with Crippen molar-refractivity contribution in [2.45, 2.75) is 58.2 Å². The number of piperidine rings is 1. The number of amides is 2. The number of fused-ring (bicyclic) bond motifs is 1. The molecule has 44 heavy (non-hydrogen) atoms. The summed E-state index contributed by atoms with van der Waals surface area (Å²) < 4.78 is 27.6. The Morgan fingerprint density at radius 1 is 1.11 bits per heavy atom. The second-order valence-electron chi connectivity index (χ2n) is 12.1. The van der Waals surface area contributed by atoms with Crippen LogP contribution in [0, 0.1) is 5.82 Å². The molecule has 232 valence electrons. The molecule has 3 heterocycles. The van der Waals surface area contributed by atoms with Crippen LogP contribution in [0.4, 0.5) is 15.0 Å². The lowest BCUT2D eigenvalue weighted by Gasteiger charge is -2.40. The first-order chi connectivity index (χ1) is 20.8. The van der Waals surface area contributed by atoms with Crippen molar-refractivity contribution >= 4 is 40.6 Å². The lowest BCUT2D eigenvalue weighted by Crippen LogP contribution is -2.54. The molecule has 3 N–H and O–H groups in total. The standard InChI is InChI=1S/C31H35ClFN7O4/c1-30(2,3)44-29(42)37-31(4)13-15-39(16-14-31)27-25(26(34)41)35-24-23(20-7-6-8-21(32)22(20)33)38-40(28(24)36-27)17-18-9-11-19(43-5)12-10-18/h6-12H,13-17H2,1-5H3,(H2,34,41)(H,37,42). The maximum Gasteiger partial charge on any atom is 0.408 e. The van der Waals surface area contributed by atoms with Crippen molar-refractivity contribution in [3.05, 3.63) is 64.6 Å². The second-order valence-corrected chi connectivity index (χ2v) is 12.5. The Hall–Kier alpha value is -4.45. The fraction of sp³-hybridized carbons (Fsp3) is 0.387. The number of alkyl carbamates (subject to hydrolysis) is 1. The third-order valence-electron chi connectivity index (χ3n) is 7.45. The predicted molar refractivity (Wildman–Crippen MR) is 166 cm³/mol. The van der Waals surface area contributed by atoms with Gasteiger partial charge in [0.05, 0.1) is 18.7 Å². The Morgan fingerprint density at radius 2 is 1.80 bits per heavy atom. The van der Waals surface area contributed by atoms with Crippen molar-refractivity contribution in [2.75, 3.05) is 25.1 Å². The smallest absolute Gasteiger partial charge is 0.408 e. The normalized spacial score (nSPS) is 14.8. The zero-order valence-corrected chi connectivity index (χ0v) is 26.0. The van der Waals surface area contributed by atoms with Crippen LogP contribution >= 0.6 is 11.6 Å². The topological polar surface area (TPSA) is 137 Å². The zero-order chi connectivity index (χ0) is 31.8. The molecule has 0 spiro atoms. The van der Waals surface area contributed by atoms with Crippen LogP contribution < -0.4 is 20.7 Å². The average Bonchev–Trinajstić information content (AvgIpc) is 3.30. The molecule has 2 aromatic heterocycles. The third-order valence-corrected chi connectivity index (χ3v) is 7.74. The van der Waals surface area contributed by atoms with E-state index >= 15 is 4.39 Å². The van der Waals surface area contributed by atoms with Gasteiger partial charge >= 0.3 is 6.09 Å². The van der Waals surface area contributed by atoms with Gasteiger partial charge in [0.15, 0.2) is 23.0 Å². The SMILES string of the molecule is COc1ccc(Cn2nc(-c3cccc(Cl)c3F)c3nc(C(N)=O)c(N4CCC(C)(NC(=O)OC(C)(C)C)CC4)nc32)cc1. The van der Waals surface area contributed by atoms with Crippen LogP contribution in [0.15, 0.2) is 42.5 Å². The summed E-state index contributed by atoms with van der Waals surface area (Å²) in [6, 6.07) is 12.0. The number of hydrogen-bond acceptors (Lipinski definition) is 8. The van der Waals surface area contributed by atoms with Gasteiger partial charge in [-0.25, -0.2) is 23.8 Å². The van der Waals surface area contributed by atoms with E-state index in [0.717, 1.165) is 5.56 Å². The lowest BCUT2D eigenvalue weighted by molar-refractivity contribution is 0.0448. The number of carbonyl (C=O) groups is 2. The molecule has 2 aromatic carbocycles. The molecule has 4 aromatic rings. The Kier molecular flexibility index (Phi) is 8.39. The van der Waals surface area contributed by atoms with Gasteiger partial charge in [0.2, 0.25) is 0 Å². The number of halogens is 2. The van der Waals surface area contributed by atoms with Gasteiger partial charge in [0.1, 0.15) is 22.6 Å². The van der Waals surface area contributed by atoms with Crippen molar-refractivity contribution in [3.8, 4) is 17.0 Å². The first kappa shape index (κ1) is 31.0. The summed E-state index contributed by atoms with van der Waals surface area (Å²) in [5.41, 5.74) is 6.35. The molecule has 0 aliphatic carbocycles. The van der Waals surface area contributed by atoms with Crippen LogP contribution in [-0.2, 0) is 11.3 Å².